The monoisotopic (exact) mass is 1550 g/mol. The Labute approximate surface area is 641 Å². The van der Waals surface area contributed by atoms with Gasteiger partial charge >= 0.3 is 13.3 Å². The molecule has 0 radical (unpaired) electrons. The van der Waals surface area contributed by atoms with Crippen LogP contribution >= 0.6 is 0 Å². The summed E-state index contributed by atoms with van der Waals surface area (Å²) in [6, 6.07) is 83.1. The van der Waals surface area contributed by atoms with Crippen LogP contribution in [0.4, 0.5) is 22.7 Å². The molecule has 0 atom stereocenters. The van der Waals surface area contributed by atoms with Gasteiger partial charge in [-0.25, -0.2) is 19.9 Å². The maximum Gasteiger partial charge on any atom is 1.00 e. The maximum atomic E-state index is 12.9. The Hall–Kier alpha value is -12.6. The Morgan fingerprint density at radius 2 is 0.658 bits per heavy atom. The highest BCUT2D eigenvalue weighted by molar-refractivity contribution is 7.80. The van der Waals surface area contributed by atoms with Crippen LogP contribution in [0.3, 0.4) is 0 Å². The van der Waals surface area contributed by atoms with Crippen molar-refractivity contribution < 1.29 is 64.6 Å². The number of benzene rings is 12. The Bertz CT molecular complexity index is 6240. The van der Waals surface area contributed by atoms with E-state index in [1.807, 2.05) is 74.5 Å². The number of anilines is 4. The van der Waals surface area contributed by atoms with Crippen LogP contribution in [0.5, 0.6) is 0 Å². The van der Waals surface area contributed by atoms with Crippen LogP contribution in [0.15, 0.2) is 252 Å². The van der Waals surface area contributed by atoms with E-state index in [-0.39, 0.29) is 13.7 Å². The van der Waals surface area contributed by atoms with Gasteiger partial charge < -0.3 is 46.9 Å². The largest absolute Gasteiger partial charge is 1.00 e. The lowest BCUT2D eigenvalue weighted by Gasteiger charge is -2.23. The summed E-state index contributed by atoms with van der Waals surface area (Å²) in [5.41, 5.74) is 28.4. The molecule has 0 fully saturated rings. The predicted octanol–water partition coefficient (Wildman–Crippen LogP) is 12.0. The average molecular weight is 1550 g/mol. The molecule has 2 aromatic heterocycles. The zero-order chi connectivity index (χ0) is 79.7. The molecule has 2 aliphatic heterocycles. The molecule has 111 heavy (non-hydrogen) atoms. The Morgan fingerprint density at radius 3 is 0.964 bits per heavy atom. The maximum absolute atomic E-state index is 12.9. The molecule has 0 unspecified atom stereocenters. The second-order valence-electron chi connectivity index (χ2n) is 26.7. The number of nitrogens with zero attached hydrogens (tertiary/aromatic N) is 12. The summed E-state index contributed by atoms with van der Waals surface area (Å²) in [5, 5.41) is 0. The van der Waals surface area contributed by atoms with E-state index in [1.165, 1.54) is 0 Å². The normalized spacial score (nSPS) is 11.5. The van der Waals surface area contributed by atoms with Crippen molar-refractivity contribution >= 4 is 120 Å². The Kier molecular flexibility index (Phi) is 22.2. The van der Waals surface area contributed by atoms with Gasteiger partial charge in [-0.15, -0.1) is 9.13 Å². The van der Waals surface area contributed by atoms with Gasteiger partial charge in [0.2, 0.25) is 33.4 Å². The van der Waals surface area contributed by atoms with E-state index in [9.17, 15) is 9.59 Å². The number of aromatic nitrogens is 8. The van der Waals surface area contributed by atoms with Gasteiger partial charge in [0.25, 0.3) is 0 Å². The molecular weight excluding hydrogens is 1470 g/mol. The summed E-state index contributed by atoms with van der Waals surface area (Å²) in [5.74, 6) is 0. The molecule has 564 valence electrons. The fraction of sp³-hybridized carbons (Fsp3) is 0.122. The first kappa shape index (κ1) is 78.0. The van der Waals surface area contributed by atoms with Crippen molar-refractivity contribution in [2.75, 3.05) is 76.0 Å². The molecule has 0 saturated heterocycles. The van der Waals surface area contributed by atoms with Gasteiger partial charge in [0.1, 0.15) is 22.1 Å². The van der Waals surface area contributed by atoms with Gasteiger partial charge in [0, 0.05) is 183 Å². The first-order valence-electron chi connectivity index (χ1n) is 34.1. The number of para-hydroxylation sites is 4. The average Bonchev–Trinajstić information content (AvgIpc) is 0.745. The zero-order valence-electron chi connectivity index (χ0n) is 63.5. The third-order valence-corrected chi connectivity index (χ3v) is 18.2. The topological polar surface area (TPSA) is 351 Å². The summed E-state index contributed by atoms with van der Waals surface area (Å²) in [4.78, 5) is 54.8. The number of fused-ring (bicyclic) bond motifs is 8. The van der Waals surface area contributed by atoms with Crippen LogP contribution in [-0.2, 0) is 31.2 Å². The Balaban J connectivity index is 0.000000200. The van der Waals surface area contributed by atoms with Crippen molar-refractivity contribution in [3.63, 3.8) is 0 Å². The standard InChI is InChI=1S/2C41H35N6O.3H2O4S/c2*1-26-20-34-40(25-41(26)48)47(29-14-10-7-11-15-29)39-24-36(45(4)5)31(23-35(39)43-34)27-16-18-32-37(21-27)46(28-12-8-6-9-13-28)38-22-30(44(2)3)17-19-33(38)42-32;3*1-5(2,3)4/h2*6-25H,1-5H3;3*(H2,1,2,3,4)/q2*+1;;;/p-2. The lowest BCUT2D eigenvalue weighted by molar-refractivity contribution is -0.538. The minimum Gasteiger partial charge on any atom is -0.759 e. The predicted molar refractivity (Wildman–Crippen MR) is 432 cm³/mol. The summed E-state index contributed by atoms with van der Waals surface area (Å²) >= 11 is 0. The number of hydrogen-bond acceptors (Lipinski definition) is 20. The summed E-state index contributed by atoms with van der Waals surface area (Å²) in [7, 11) is 1.49. The number of hydrogen-bond donors (Lipinski definition) is 2. The Morgan fingerprint density at radius 1 is 0.360 bits per heavy atom. The van der Waals surface area contributed by atoms with Crippen molar-refractivity contribution in [1.29, 1.82) is 0 Å². The molecule has 10 aromatic carbocycles. The van der Waals surface area contributed by atoms with Crippen LogP contribution in [0.1, 0.15) is 14.0 Å². The fourth-order valence-corrected chi connectivity index (χ4v) is 13.2. The van der Waals surface area contributed by atoms with E-state index in [0.29, 0.717) is 11.1 Å². The minimum absolute atomic E-state index is 0. The highest BCUT2D eigenvalue weighted by Gasteiger charge is 2.27. The lowest BCUT2D eigenvalue weighted by atomic mass is 9.99. The van der Waals surface area contributed by atoms with Gasteiger partial charge in [0.15, 0.2) is 10.9 Å². The van der Waals surface area contributed by atoms with Crippen molar-refractivity contribution in [3.05, 3.63) is 274 Å². The molecule has 0 amide bonds. The van der Waals surface area contributed by atoms with E-state index in [0.717, 1.165) is 157 Å². The molecular formula is C82H74N12O14S3. The number of rotatable bonds is 10. The zero-order valence-corrected chi connectivity index (χ0v) is 63.9. The van der Waals surface area contributed by atoms with Crippen molar-refractivity contribution in [3.8, 4) is 67.8 Å². The quantitative estimate of drug-likeness (QED) is 0.0556. The van der Waals surface area contributed by atoms with Gasteiger partial charge in [-0.1, -0.05) is 84.9 Å². The van der Waals surface area contributed by atoms with E-state index in [1.54, 1.807) is 12.1 Å². The van der Waals surface area contributed by atoms with Gasteiger partial charge in [-0.2, -0.15) is 8.42 Å². The highest BCUT2D eigenvalue weighted by atomic mass is 32.3. The molecule has 26 nitrogen and oxygen atoms in total. The van der Waals surface area contributed by atoms with E-state index in [2.05, 4.69) is 264 Å². The molecule has 0 bridgehead atoms. The third kappa shape index (κ3) is 17.8. The first-order chi connectivity index (χ1) is 52.5. The molecule has 0 spiro atoms. The SMILES string of the molecule is Cc1cc2nc3cc(-c4ccc5nc6ccc(N(C)C)cc6[n+](-c6ccccc6)c5c4)c(N(C)C)cc3n(-c3ccccc3)c-2cc1=O.Cc1cc2nc3cc(-c4ccc5nc6ccc(N(C)C)cc6[n+](-c6ccccc6)c5c4)c(N(C)C)cc3n(-c3ccccc3)c-2cc1=O.O=S(=O)(O)O.O=S(=O)([O-])[O-].O=S(=O)([O-])[O-].[H+].[H+]. The van der Waals surface area contributed by atoms with Crippen LogP contribution in [0.25, 0.3) is 134 Å². The molecule has 12 aromatic rings. The van der Waals surface area contributed by atoms with E-state index >= 15 is 0 Å². The first-order valence-corrected chi connectivity index (χ1v) is 38.2. The molecule has 0 saturated carbocycles. The van der Waals surface area contributed by atoms with Gasteiger partial charge in [-0.3, -0.25) is 35.5 Å². The van der Waals surface area contributed by atoms with E-state index < -0.39 is 31.2 Å². The molecule has 29 heteroatoms. The molecule has 2 aliphatic carbocycles. The summed E-state index contributed by atoms with van der Waals surface area (Å²) in [6.07, 6.45) is 0. The fourth-order valence-electron chi connectivity index (χ4n) is 13.2. The van der Waals surface area contributed by atoms with Crippen LogP contribution < -0.4 is 39.6 Å². The van der Waals surface area contributed by atoms with Crippen LogP contribution in [-0.4, -0.2) is 138 Å². The minimum atomic E-state index is -5.17. The highest BCUT2D eigenvalue weighted by Crippen LogP contribution is 2.41. The number of aryl methyl sites for hydroxylation is 2. The summed E-state index contributed by atoms with van der Waals surface area (Å²) < 4.78 is 109. The second kappa shape index (κ2) is 31.6. The van der Waals surface area contributed by atoms with Crippen molar-refractivity contribution in [1.82, 2.24) is 29.1 Å². The molecule has 4 heterocycles. The van der Waals surface area contributed by atoms with E-state index in [4.69, 9.17) is 72.5 Å². The molecule has 16 rings (SSSR count). The lowest BCUT2D eigenvalue weighted by Crippen LogP contribution is -2.33. The summed E-state index contributed by atoms with van der Waals surface area (Å²) in [6.45, 7) is 3.69. The van der Waals surface area contributed by atoms with Gasteiger partial charge in [-0.05, 0) is 133 Å². The van der Waals surface area contributed by atoms with Crippen molar-refractivity contribution in [2.24, 2.45) is 0 Å². The molecule has 4 aliphatic rings. The third-order valence-electron chi connectivity index (χ3n) is 18.2. The smallest absolute Gasteiger partial charge is 0.759 e. The van der Waals surface area contributed by atoms with Crippen LogP contribution in [0, 0.1) is 13.8 Å². The van der Waals surface area contributed by atoms with Crippen molar-refractivity contribution in [2.45, 2.75) is 13.8 Å². The van der Waals surface area contributed by atoms with Gasteiger partial charge in [0.05, 0.1) is 44.8 Å². The molecule has 2 N–H and O–H groups in total. The second-order valence-corrected chi connectivity index (χ2v) is 29.2. The van der Waals surface area contributed by atoms with Crippen LogP contribution in [0.2, 0.25) is 0 Å².